The molecule has 29 heavy (non-hydrogen) atoms. The minimum absolute atomic E-state index is 0.0687. The lowest BCUT2D eigenvalue weighted by Gasteiger charge is -2.07. The van der Waals surface area contributed by atoms with Crippen LogP contribution in [0.25, 0.3) is 0 Å². The third kappa shape index (κ3) is 6.16. The van der Waals surface area contributed by atoms with Crippen molar-refractivity contribution < 1.29 is 18.7 Å². The molecule has 0 spiro atoms. The highest BCUT2D eigenvalue weighted by atomic mass is 32.1. The van der Waals surface area contributed by atoms with Gasteiger partial charge in [0.25, 0.3) is 5.91 Å². The molecule has 0 bridgehead atoms. The van der Waals surface area contributed by atoms with Crippen LogP contribution >= 0.6 is 11.3 Å². The zero-order chi connectivity index (χ0) is 20.6. The minimum atomic E-state index is -0.448. The summed E-state index contributed by atoms with van der Waals surface area (Å²) in [7, 11) is 0. The van der Waals surface area contributed by atoms with E-state index < -0.39 is 5.91 Å². The number of ether oxygens (including phenoxy) is 1. The Morgan fingerprint density at radius 2 is 1.86 bits per heavy atom. The summed E-state index contributed by atoms with van der Waals surface area (Å²) in [6.07, 6.45) is 0. The van der Waals surface area contributed by atoms with Crippen LogP contribution in [0, 0.1) is 12.7 Å². The second-order valence-corrected chi connectivity index (χ2v) is 7.22. The summed E-state index contributed by atoms with van der Waals surface area (Å²) in [5.74, 6) is -1.08. The highest BCUT2D eigenvalue weighted by Crippen LogP contribution is 2.14. The highest BCUT2D eigenvalue weighted by Gasteiger charge is 2.14. The number of hydrogen-bond donors (Lipinski definition) is 2. The van der Waals surface area contributed by atoms with E-state index in [1.165, 1.54) is 24.3 Å². The molecule has 0 aliphatic heterocycles. The Hall–Kier alpha value is -3.17. The maximum Gasteiger partial charge on any atom is 0.286 e. The first-order chi connectivity index (χ1) is 14.0. The number of rotatable bonds is 8. The van der Waals surface area contributed by atoms with Crippen molar-refractivity contribution in [2.24, 2.45) is 0 Å². The lowest BCUT2D eigenvalue weighted by Crippen LogP contribution is -2.27. The van der Waals surface area contributed by atoms with E-state index in [1.54, 1.807) is 0 Å². The third-order valence-electron chi connectivity index (χ3n) is 3.96. The maximum absolute atomic E-state index is 12.9. The van der Waals surface area contributed by atoms with Crippen LogP contribution in [-0.4, -0.2) is 28.6 Å². The van der Waals surface area contributed by atoms with Gasteiger partial charge in [0.05, 0.1) is 0 Å². The maximum atomic E-state index is 12.9. The van der Waals surface area contributed by atoms with Gasteiger partial charge in [0.2, 0.25) is 10.9 Å². The quantitative estimate of drug-likeness (QED) is 0.591. The first-order valence-corrected chi connectivity index (χ1v) is 9.61. The van der Waals surface area contributed by atoms with Crippen molar-refractivity contribution in [1.82, 2.24) is 15.5 Å². The number of amides is 2. The van der Waals surface area contributed by atoms with Crippen LogP contribution in [0.5, 0.6) is 0 Å². The van der Waals surface area contributed by atoms with E-state index in [-0.39, 0.29) is 29.9 Å². The Labute approximate surface area is 170 Å². The number of hydrogen-bond acceptors (Lipinski definition) is 6. The molecule has 1 aromatic heterocycles. The van der Waals surface area contributed by atoms with Crippen molar-refractivity contribution in [2.45, 2.75) is 20.1 Å². The van der Waals surface area contributed by atoms with Crippen molar-refractivity contribution in [1.29, 1.82) is 0 Å². The molecule has 0 aliphatic rings. The second kappa shape index (κ2) is 9.85. The van der Waals surface area contributed by atoms with Crippen molar-refractivity contribution in [2.75, 3.05) is 11.9 Å². The molecule has 150 valence electrons. The number of benzene rings is 2. The van der Waals surface area contributed by atoms with Crippen molar-refractivity contribution in [3.05, 3.63) is 75.5 Å². The molecular formula is C20H19FN4O3S. The minimum Gasteiger partial charge on any atom is -0.364 e. The summed E-state index contributed by atoms with van der Waals surface area (Å²) in [4.78, 5) is 24.0. The Bertz CT molecular complexity index is 991. The van der Waals surface area contributed by atoms with Gasteiger partial charge in [-0.05, 0) is 42.3 Å². The topological polar surface area (TPSA) is 93.2 Å². The summed E-state index contributed by atoms with van der Waals surface area (Å²) in [6.45, 7) is 2.36. The monoisotopic (exact) mass is 414 g/mol. The fraction of sp³-hybridized carbons (Fsp3) is 0.200. The molecule has 0 fully saturated rings. The van der Waals surface area contributed by atoms with Gasteiger partial charge >= 0.3 is 0 Å². The Balaban J connectivity index is 1.41. The van der Waals surface area contributed by atoms with Crippen molar-refractivity contribution in [3.63, 3.8) is 0 Å². The fourth-order valence-electron chi connectivity index (χ4n) is 2.41. The number of aryl methyl sites for hydroxylation is 1. The van der Waals surface area contributed by atoms with Gasteiger partial charge in [-0.1, -0.05) is 35.6 Å². The van der Waals surface area contributed by atoms with Crippen LogP contribution in [0.1, 0.15) is 25.9 Å². The summed E-state index contributed by atoms with van der Waals surface area (Å²) in [5, 5.41) is 13.7. The van der Waals surface area contributed by atoms with Gasteiger partial charge in [-0.3, -0.25) is 9.59 Å². The van der Waals surface area contributed by atoms with Crippen LogP contribution < -0.4 is 10.6 Å². The molecule has 0 aliphatic carbocycles. The van der Waals surface area contributed by atoms with Gasteiger partial charge in [0, 0.05) is 12.2 Å². The normalized spacial score (nSPS) is 10.6. The average molecular weight is 414 g/mol. The molecule has 9 heteroatoms. The Kier molecular flexibility index (Phi) is 6.99. The number of nitrogens with zero attached hydrogens (tertiary/aromatic N) is 2. The molecule has 1 heterocycles. The number of carbonyl (C=O) groups is 2. The molecular weight excluding hydrogens is 395 g/mol. The van der Waals surface area contributed by atoms with Crippen LogP contribution in [-0.2, 0) is 22.7 Å². The summed E-state index contributed by atoms with van der Waals surface area (Å²) >= 11 is 1.06. The fourth-order valence-corrected chi connectivity index (χ4v) is 3.08. The summed E-state index contributed by atoms with van der Waals surface area (Å²) < 4.78 is 18.2. The van der Waals surface area contributed by atoms with Gasteiger partial charge in [0.15, 0.2) is 0 Å². The van der Waals surface area contributed by atoms with Crippen LogP contribution in [0.2, 0.25) is 0 Å². The SMILES string of the molecule is Cc1ccccc1CNC(=O)COCc1nnc(C(=O)Nc2ccc(F)cc2)s1. The summed E-state index contributed by atoms with van der Waals surface area (Å²) in [6, 6.07) is 13.2. The van der Waals surface area contributed by atoms with E-state index >= 15 is 0 Å². The lowest BCUT2D eigenvalue weighted by molar-refractivity contribution is -0.126. The van der Waals surface area contributed by atoms with E-state index in [4.69, 9.17) is 4.74 Å². The molecule has 0 radical (unpaired) electrons. The standard InChI is InChI=1S/C20H19FN4O3S/c1-13-4-2-3-5-14(13)10-22-17(26)11-28-12-18-24-25-20(29-18)19(27)23-16-8-6-15(21)7-9-16/h2-9H,10-12H2,1H3,(H,22,26)(H,23,27). The number of aromatic nitrogens is 2. The van der Waals surface area contributed by atoms with Crippen molar-refractivity contribution >= 4 is 28.8 Å². The van der Waals surface area contributed by atoms with E-state index in [2.05, 4.69) is 20.8 Å². The first kappa shape index (κ1) is 20.6. The molecule has 7 nitrogen and oxygen atoms in total. The molecule has 0 unspecified atom stereocenters. The Morgan fingerprint density at radius 1 is 1.10 bits per heavy atom. The molecule has 3 aromatic rings. The van der Waals surface area contributed by atoms with E-state index in [9.17, 15) is 14.0 Å². The van der Waals surface area contributed by atoms with Gasteiger partial charge < -0.3 is 15.4 Å². The molecule has 2 aromatic carbocycles. The summed E-state index contributed by atoms with van der Waals surface area (Å²) in [5.41, 5.74) is 2.60. The molecule has 0 atom stereocenters. The predicted octanol–water partition coefficient (Wildman–Crippen LogP) is 3.07. The molecule has 3 rings (SSSR count). The number of anilines is 1. The van der Waals surface area contributed by atoms with Gasteiger partial charge in [-0.2, -0.15) is 0 Å². The number of carbonyl (C=O) groups excluding carboxylic acids is 2. The van der Waals surface area contributed by atoms with E-state index in [1.807, 2.05) is 31.2 Å². The first-order valence-electron chi connectivity index (χ1n) is 8.79. The zero-order valence-corrected chi connectivity index (χ0v) is 16.5. The van der Waals surface area contributed by atoms with Crippen molar-refractivity contribution in [3.8, 4) is 0 Å². The number of halogens is 1. The molecule has 2 N–H and O–H groups in total. The van der Waals surface area contributed by atoms with E-state index in [0.717, 1.165) is 22.5 Å². The predicted molar refractivity (Wildman–Crippen MR) is 107 cm³/mol. The van der Waals surface area contributed by atoms with E-state index in [0.29, 0.717) is 17.2 Å². The lowest BCUT2D eigenvalue weighted by atomic mass is 10.1. The second-order valence-electron chi connectivity index (χ2n) is 6.16. The smallest absolute Gasteiger partial charge is 0.286 e. The largest absolute Gasteiger partial charge is 0.364 e. The highest BCUT2D eigenvalue weighted by molar-refractivity contribution is 7.13. The van der Waals surface area contributed by atoms with Gasteiger partial charge in [-0.15, -0.1) is 10.2 Å². The van der Waals surface area contributed by atoms with Gasteiger partial charge in [0.1, 0.15) is 24.0 Å². The van der Waals surface area contributed by atoms with Crippen LogP contribution in [0.4, 0.5) is 10.1 Å². The third-order valence-corrected chi connectivity index (χ3v) is 4.85. The zero-order valence-electron chi connectivity index (χ0n) is 15.6. The van der Waals surface area contributed by atoms with Gasteiger partial charge in [-0.25, -0.2) is 4.39 Å². The van der Waals surface area contributed by atoms with Crippen LogP contribution in [0.3, 0.4) is 0 Å². The molecule has 2 amide bonds. The number of nitrogens with one attached hydrogen (secondary N) is 2. The Morgan fingerprint density at radius 3 is 2.62 bits per heavy atom. The molecule has 0 saturated carbocycles. The molecule has 0 saturated heterocycles. The average Bonchev–Trinajstić information content (AvgIpc) is 3.18. The van der Waals surface area contributed by atoms with Crippen LogP contribution in [0.15, 0.2) is 48.5 Å².